The second-order valence-electron chi connectivity index (χ2n) is 5.57. The Morgan fingerprint density at radius 2 is 1.96 bits per heavy atom. The van der Waals surface area contributed by atoms with E-state index < -0.39 is 0 Å². The lowest BCUT2D eigenvalue weighted by atomic mass is 10.1. The molecule has 6 heteroatoms. The molecule has 0 atom stereocenters. The zero-order valence-corrected chi connectivity index (χ0v) is 16.5. The fraction of sp³-hybridized carbons (Fsp3) is 0.211. The van der Waals surface area contributed by atoms with Crippen LogP contribution in [0.25, 0.3) is 0 Å². The van der Waals surface area contributed by atoms with E-state index in [2.05, 4.69) is 57.4 Å². The molecule has 2 aromatic carbocycles. The number of methoxy groups -OCH3 is 1. The number of aryl methyl sites for hydroxylation is 1. The van der Waals surface area contributed by atoms with E-state index in [0.29, 0.717) is 24.7 Å². The molecule has 0 aliphatic carbocycles. The van der Waals surface area contributed by atoms with Crippen molar-refractivity contribution < 1.29 is 9.47 Å². The summed E-state index contributed by atoms with van der Waals surface area (Å²) in [7, 11) is 1.65. The predicted octanol–water partition coefficient (Wildman–Crippen LogP) is 5.41. The van der Waals surface area contributed by atoms with E-state index in [0.717, 1.165) is 20.7 Å². The lowest BCUT2D eigenvalue weighted by Gasteiger charge is -2.15. The molecule has 0 bridgehead atoms. The third kappa shape index (κ3) is 4.74. The molecule has 4 nitrogen and oxygen atoms in total. The number of benzene rings is 2. The van der Waals surface area contributed by atoms with E-state index in [1.54, 1.807) is 24.6 Å². The number of nitrogens with one attached hydrogen (secondary N) is 1. The third-order valence-corrected chi connectivity index (χ3v) is 4.99. The maximum absolute atomic E-state index is 5.99. The second-order valence-corrected chi connectivity index (χ2v) is 7.32. The normalized spacial score (nSPS) is 10.5. The van der Waals surface area contributed by atoms with Crippen molar-refractivity contribution in [2.24, 2.45) is 0 Å². The first-order chi connectivity index (χ1) is 12.2. The van der Waals surface area contributed by atoms with Crippen LogP contribution in [0.4, 0.5) is 5.13 Å². The summed E-state index contributed by atoms with van der Waals surface area (Å²) >= 11 is 5.17. The number of thiazole rings is 1. The fourth-order valence-corrected chi connectivity index (χ4v) is 3.48. The Balaban J connectivity index is 1.71. The Hall–Kier alpha value is -2.05. The van der Waals surface area contributed by atoms with E-state index >= 15 is 0 Å². The van der Waals surface area contributed by atoms with Crippen molar-refractivity contribution >= 4 is 32.4 Å². The van der Waals surface area contributed by atoms with Crippen LogP contribution < -0.4 is 14.8 Å². The van der Waals surface area contributed by atoms with Crippen LogP contribution in [0.5, 0.6) is 11.5 Å². The van der Waals surface area contributed by atoms with Gasteiger partial charge in [0.05, 0.1) is 11.6 Å². The molecule has 25 heavy (non-hydrogen) atoms. The van der Waals surface area contributed by atoms with Crippen LogP contribution in [0.1, 0.15) is 16.7 Å². The number of anilines is 1. The molecular weight excluding hydrogens is 400 g/mol. The van der Waals surface area contributed by atoms with Gasteiger partial charge >= 0.3 is 0 Å². The van der Waals surface area contributed by atoms with Crippen molar-refractivity contribution in [2.75, 3.05) is 12.4 Å². The first kappa shape index (κ1) is 17.8. The number of rotatable bonds is 7. The van der Waals surface area contributed by atoms with E-state index in [1.165, 1.54) is 5.56 Å². The zero-order valence-electron chi connectivity index (χ0n) is 14.1. The summed E-state index contributed by atoms with van der Waals surface area (Å²) in [5.74, 6) is 1.42. The van der Waals surface area contributed by atoms with E-state index in [9.17, 15) is 0 Å². The Morgan fingerprint density at radius 3 is 2.64 bits per heavy atom. The van der Waals surface area contributed by atoms with Gasteiger partial charge in [-0.05, 0) is 46.1 Å². The maximum atomic E-state index is 5.99. The highest BCUT2D eigenvalue weighted by Gasteiger charge is 2.12. The molecule has 0 unspecified atom stereocenters. The van der Waals surface area contributed by atoms with Crippen LogP contribution in [-0.4, -0.2) is 12.1 Å². The summed E-state index contributed by atoms with van der Waals surface area (Å²) in [6.07, 6.45) is 1.78. The molecular formula is C19H19BrN2O2S. The molecule has 1 N–H and O–H groups in total. The van der Waals surface area contributed by atoms with Crippen LogP contribution in [0.2, 0.25) is 0 Å². The molecule has 0 aliphatic heterocycles. The van der Waals surface area contributed by atoms with Gasteiger partial charge in [0.15, 0.2) is 16.6 Å². The lowest BCUT2D eigenvalue weighted by molar-refractivity contribution is 0.282. The summed E-state index contributed by atoms with van der Waals surface area (Å²) in [6.45, 7) is 3.23. The highest BCUT2D eigenvalue weighted by Crippen LogP contribution is 2.37. The smallest absolute Gasteiger partial charge is 0.182 e. The van der Waals surface area contributed by atoms with Gasteiger partial charge in [0.1, 0.15) is 6.61 Å². The minimum absolute atomic E-state index is 0.492. The van der Waals surface area contributed by atoms with Gasteiger partial charge in [0, 0.05) is 18.1 Å². The monoisotopic (exact) mass is 418 g/mol. The average molecular weight is 419 g/mol. The molecule has 0 aliphatic rings. The summed E-state index contributed by atoms with van der Waals surface area (Å²) in [6, 6.07) is 12.3. The number of aromatic nitrogens is 1. The SMILES string of the molecule is COc1cc(CNc2nccs2)cc(Br)c1OCc1ccc(C)cc1. The molecule has 3 rings (SSSR count). The van der Waals surface area contributed by atoms with E-state index in [4.69, 9.17) is 9.47 Å². The topological polar surface area (TPSA) is 43.4 Å². The van der Waals surface area contributed by atoms with Crippen LogP contribution in [0.15, 0.2) is 52.4 Å². The van der Waals surface area contributed by atoms with Crippen molar-refractivity contribution in [1.82, 2.24) is 4.98 Å². The molecule has 0 amide bonds. The minimum atomic E-state index is 0.492. The summed E-state index contributed by atoms with van der Waals surface area (Å²) < 4.78 is 12.4. The molecule has 0 fully saturated rings. The van der Waals surface area contributed by atoms with Crippen LogP contribution in [0.3, 0.4) is 0 Å². The summed E-state index contributed by atoms with van der Waals surface area (Å²) in [5.41, 5.74) is 3.44. The number of halogens is 1. The van der Waals surface area contributed by atoms with Crippen molar-refractivity contribution in [3.05, 3.63) is 69.1 Å². The van der Waals surface area contributed by atoms with Gasteiger partial charge < -0.3 is 14.8 Å². The van der Waals surface area contributed by atoms with Gasteiger partial charge in [-0.15, -0.1) is 11.3 Å². The van der Waals surface area contributed by atoms with E-state index in [-0.39, 0.29) is 0 Å². The van der Waals surface area contributed by atoms with Crippen LogP contribution in [0, 0.1) is 6.92 Å². The lowest BCUT2D eigenvalue weighted by Crippen LogP contribution is -2.02. The molecule has 3 aromatic rings. The molecule has 1 heterocycles. The summed E-state index contributed by atoms with van der Waals surface area (Å²) in [5, 5.41) is 6.14. The standard InChI is InChI=1S/C19H19BrN2O2S/c1-13-3-5-14(6-4-13)12-24-18-16(20)9-15(10-17(18)23-2)11-22-19-21-7-8-25-19/h3-10H,11-12H2,1-2H3,(H,21,22). The largest absolute Gasteiger partial charge is 0.493 e. The summed E-state index contributed by atoms with van der Waals surface area (Å²) in [4.78, 5) is 4.22. The molecule has 0 radical (unpaired) electrons. The Morgan fingerprint density at radius 1 is 1.16 bits per heavy atom. The van der Waals surface area contributed by atoms with Crippen molar-refractivity contribution in [3.63, 3.8) is 0 Å². The number of ether oxygens (including phenoxy) is 2. The predicted molar refractivity (Wildman–Crippen MR) is 106 cm³/mol. The Labute approximate surface area is 160 Å². The van der Waals surface area contributed by atoms with Gasteiger partial charge in [-0.3, -0.25) is 0 Å². The van der Waals surface area contributed by atoms with Crippen molar-refractivity contribution in [1.29, 1.82) is 0 Å². The highest BCUT2D eigenvalue weighted by atomic mass is 79.9. The number of hydrogen-bond donors (Lipinski definition) is 1. The zero-order chi connectivity index (χ0) is 17.6. The molecule has 0 spiro atoms. The number of nitrogens with zero attached hydrogens (tertiary/aromatic N) is 1. The van der Waals surface area contributed by atoms with Crippen molar-refractivity contribution in [3.8, 4) is 11.5 Å². The van der Waals surface area contributed by atoms with Gasteiger partial charge in [0.25, 0.3) is 0 Å². The third-order valence-electron chi connectivity index (χ3n) is 3.67. The first-order valence-electron chi connectivity index (χ1n) is 7.84. The molecule has 130 valence electrons. The second kappa shape index (κ2) is 8.36. The Kier molecular flexibility index (Phi) is 5.94. The van der Waals surface area contributed by atoms with Gasteiger partial charge in [-0.2, -0.15) is 0 Å². The fourth-order valence-electron chi connectivity index (χ4n) is 2.34. The molecule has 0 saturated carbocycles. The van der Waals surface area contributed by atoms with Crippen molar-refractivity contribution in [2.45, 2.75) is 20.1 Å². The van der Waals surface area contributed by atoms with Gasteiger partial charge in [-0.25, -0.2) is 4.98 Å². The highest BCUT2D eigenvalue weighted by molar-refractivity contribution is 9.10. The quantitative estimate of drug-likeness (QED) is 0.556. The van der Waals surface area contributed by atoms with Crippen LogP contribution >= 0.6 is 27.3 Å². The first-order valence-corrected chi connectivity index (χ1v) is 9.51. The van der Waals surface area contributed by atoms with E-state index in [1.807, 2.05) is 17.5 Å². The maximum Gasteiger partial charge on any atom is 0.182 e. The molecule has 0 saturated heterocycles. The van der Waals surface area contributed by atoms with Crippen LogP contribution in [-0.2, 0) is 13.2 Å². The average Bonchev–Trinajstić information content (AvgIpc) is 3.13. The minimum Gasteiger partial charge on any atom is -0.493 e. The number of hydrogen-bond acceptors (Lipinski definition) is 5. The molecule has 1 aromatic heterocycles. The van der Waals surface area contributed by atoms with Gasteiger partial charge in [-0.1, -0.05) is 29.8 Å². The Bertz CT molecular complexity index is 820. The van der Waals surface area contributed by atoms with Gasteiger partial charge in [0.2, 0.25) is 0 Å².